The molecule has 0 aromatic heterocycles. The number of piperidine rings is 1. The minimum atomic E-state index is -0.839. The zero-order valence-corrected chi connectivity index (χ0v) is 12.9. The van der Waals surface area contributed by atoms with Gasteiger partial charge >= 0.3 is 0 Å². The summed E-state index contributed by atoms with van der Waals surface area (Å²) in [5.74, 6) is -1.31. The van der Waals surface area contributed by atoms with Crippen molar-refractivity contribution >= 4 is 11.8 Å². The Hall–Kier alpha value is -1.98. The van der Waals surface area contributed by atoms with E-state index >= 15 is 0 Å². The highest BCUT2D eigenvalue weighted by Crippen LogP contribution is 2.23. The Bertz CT molecular complexity index is 615. The van der Waals surface area contributed by atoms with Gasteiger partial charge < -0.3 is 10.2 Å². The molecule has 2 saturated heterocycles. The predicted octanol–water partition coefficient (Wildman–Crippen LogP) is 2.02. The van der Waals surface area contributed by atoms with Gasteiger partial charge in [0, 0.05) is 32.0 Å². The van der Waals surface area contributed by atoms with Crippen LogP contribution in [-0.2, 0) is 16.0 Å². The van der Waals surface area contributed by atoms with Gasteiger partial charge in [-0.1, -0.05) is 6.07 Å². The molecule has 3 rings (SSSR count). The highest BCUT2D eigenvalue weighted by atomic mass is 19.2. The first-order valence-electron chi connectivity index (χ1n) is 8.02. The molecule has 4 nitrogen and oxygen atoms in total. The van der Waals surface area contributed by atoms with E-state index < -0.39 is 11.6 Å². The summed E-state index contributed by atoms with van der Waals surface area (Å²) in [6.45, 7) is 1.27. The van der Waals surface area contributed by atoms with Crippen molar-refractivity contribution in [2.45, 2.75) is 38.1 Å². The SMILES string of the molecule is O=C1CCCC(CC(=O)N2CC(Cc3ccc(F)c(F)c3)C2)N1. The second kappa shape index (κ2) is 6.64. The number of carbonyl (C=O) groups is 2. The summed E-state index contributed by atoms with van der Waals surface area (Å²) in [6.07, 6.45) is 3.22. The van der Waals surface area contributed by atoms with Crippen molar-refractivity contribution in [3.05, 3.63) is 35.4 Å². The van der Waals surface area contributed by atoms with Crippen molar-refractivity contribution in [1.29, 1.82) is 0 Å². The van der Waals surface area contributed by atoms with Gasteiger partial charge in [-0.3, -0.25) is 9.59 Å². The van der Waals surface area contributed by atoms with Crippen LogP contribution in [0.2, 0.25) is 0 Å². The maximum atomic E-state index is 13.2. The third-order valence-electron chi connectivity index (χ3n) is 4.56. The molecule has 0 bridgehead atoms. The van der Waals surface area contributed by atoms with Crippen LogP contribution in [0.5, 0.6) is 0 Å². The van der Waals surface area contributed by atoms with Crippen molar-refractivity contribution < 1.29 is 18.4 Å². The molecule has 2 heterocycles. The molecule has 0 spiro atoms. The second-order valence-electron chi connectivity index (χ2n) is 6.48. The Morgan fingerprint density at radius 3 is 2.74 bits per heavy atom. The summed E-state index contributed by atoms with van der Waals surface area (Å²) in [5.41, 5.74) is 0.751. The molecule has 0 saturated carbocycles. The van der Waals surface area contributed by atoms with Gasteiger partial charge in [-0.25, -0.2) is 8.78 Å². The zero-order chi connectivity index (χ0) is 16.4. The third kappa shape index (κ3) is 3.86. The largest absolute Gasteiger partial charge is 0.353 e. The number of hydrogen-bond donors (Lipinski definition) is 1. The number of likely N-dealkylation sites (tertiary alicyclic amines) is 1. The summed E-state index contributed by atoms with van der Waals surface area (Å²) in [7, 11) is 0. The lowest BCUT2D eigenvalue weighted by Gasteiger charge is -2.40. The number of benzene rings is 1. The van der Waals surface area contributed by atoms with Crippen molar-refractivity contribution in [2.24, 2.45) is 5.92 Å². The minimum Gasteiger partial charge on any atom is -0.353 e. The van der Waals surface area contributed by atoms with Crippen LogP contribution < -0.4 is 5.32 Å². The van der Waals surface area contributed by atoms with Gasteiger partial charge in [0.2, 0.25) is 11.8 Å². The maximum absolute atomic E-state index is 13.2. The molecular formula is C17H20F2N2O2. The molecule has 1 aromatic rings. The number of hydrogen-bond acceptors (Lipinski definition) is 2. The topological polar surface area (TPSA) is 49.4 Å². The number of amides is 2. The summed E-state index contributed by atoms with van der Waals surface area (Å²) in [6, 6.07) is 3.89. The predicted molar refractivity (Wildman–Crippen MR) is 80.5 cm³/mol. The lowest BCUT2D eigenvalue weighted by molar-refractivity contribution is -0.138. The standard InChI is InChI=1S/C17H20F2N2O2/c18-14-5-4-11(7-15(14)19)6-12-9-21(10-12)17(23)8-13-2-1-3-16(22)20-13/h4-5,7,12-13H,1-3,6,8-10H2,(H,20,22). The van der Waals surface area contributed by atoms with Gasteiger partial charge in [0.25, 0.3) is 0 Å². The Balaban J connectivity index is 1.44. The quantitative estimate of drug-likeness (QED) is 0.922. The molecule has 0 aliphatic carbocycles. The van der Waals surface area contributed by atoms with E-state index in [0.29, 0.717) is 32.4 Å². The van der Waals surface area contributed by atoms with E-state index in [4.69, 9.17) is 0 Å². The second-order valence-corrected chi connectivity index (χ2v) is 6.48. The summed E-state index contributed by atoms with van der Waals surface area (Å²) in [4.78, 5) is 25.3. The number of nitrogens with one attached hydrogen (secondary N) is 1. The smallest absolute Gasteiger partial charge is 0.224 e. The Morgan fingerprint density at radius 2 is 2.04 bits per heavy atom. The molecule has 1 N–H and O–H groups in total. The molecule has 2 aliphatic rings. The maximum Gasteiger partial charge on any atom is 0.224 e. The van der Waals surface area contributed by atoms with Crippen molar-refractivity contribution in [3.8, 4) is 0 Å². The van der Waals surface area contributed by atoms with Gasteiger partial charge in [0.15, 0.2) is 11.6 Å². The van der Waals surface area contributed by atoms with E-state index in [1.54, 1.807) is 11.0 Å². The van der Waals surface area contributed by atoms with Crippen LogP contribution in [0.3, 0.4) is 0 Å². The zero-order valence-electron chi connectivity index (χ0n) is 12.9. The van der Waals surface area contributed by atoms with E-state index in [0.717, 1.165) is 24.5 Å². The lowest BCUT2D eigenvalue weighted by Crippen LogP contribution is -2.52. The average Bonchev–Trinajstić information content (AvgIpc) is 2.46. The molecule has 2 aliphatic heterocycles. The van der Waals surface area contributed by atoms with Crippen LogP contribution in [-0.4, -0.2) is 35.8 Å². The van der Waals surface area contributed by atoms with Crippen molar-refractivity contribution in [2.75, 3.05) is 13.1 Å². The Labute approximate surface area is 133 Å². The first kappa shape index (κ1) is 15.9. The molecule has 0 radical (unpaired) electrons. The van der Waals surface area contributed by atoms with Gasteiger partial charge in [-0.2, -0.15) is 0 Å². The van der Waals surface area contributed by atoms with Crippen LogP contribution in [0, 0.1) is 17.6 Å². The molecule has 2 fully saturated rings. The monoisotopic (exact) mass is 322 g/mol. The lowest BCUT2D eigenvalue weighted by atomic mass is 9.91. The third-order valence-corrected chi connectivity index (χ3v) is 4.56. The average molecular weight is 322 g/mol. The van der Waals surface area contributed by atoms with Gasteiger partial charge in [-0.15, -0.1) is 0 Å². The normalized spacial score (nSPS) is 21.7. The molecule has 1 unspecified atom stereocenters. The fraction of sp³-hybridized carbons (Fsp3) is 0.529. The van der Waals surface area contributed by atoms with E-state index in [1.807, 2.05) is 0 Å². The molecule has 1 aromatic carbocycles. The van der Waals surface area contributed by atoms with Crippen LogP contribution in [0.1, 0.15) is 31.2 Å². The molecular weight excluding hydrogens is 302 g/mol. The van der Waals surface area contributed by atoms with Crippen LogP contribution >= 0.6 is 0 Å². The number of nitrogens with zero attached hydrogens (tertiary/aromatic N) is 1. The number of rotatable bonds is 4. The first-order valence-corrected chi connectivity index (χ1v) is 8.02. The van der Waals surface area contributed by atoms with Gasteiger partial charge in [-0.05, 0) is 42.9 Å². The van der Waals surface area contributed by atoms with E-state index in [1.165, 1.54) is 6.07 Å². The van der Waals surface area contributed by atoms with Crippen LogP contribution in [0.4, 0.5) is 8.78 Å². The van der Waals surface area contributed by atoms with Crippen molar-refractivity contribution in [1.82, 2.24) is 10.2 Å². The molecule has 23 heavy (non-hydrogen) atoms. The summed E-state index contributed by atoms with van der Waals surface area (Å²) >= 11 is 0. The molecule has 2 amide bonds. The molecule has 1 atom stereocenters. The number of halogens is 2. The summed E-state index contributed by atoms with van der Waals surface area (Å²) in [5, 5.41) is 2.85. The highest BCUT2D eigenvalue weighted by molar-refractivity contribution is 5.81. The molecule has 6 heteroatoms. The Kier molecular flexibility index (Phi) is 4.59. The van der Waals surface area contributed by atoms with Gasteiger partial charge in [0.05, 0.1) is 0 Å². The first-order chi connectivity index (χ1) is 11.0. The molecule has 124 valence electrons. The summed E-state index contributed by atoms with van der Waals surface area (Å²) < 4.78 is 26.1. The van der Waals surface area contributed by atoms with Crippen LogP contribution in [0.15, 0.2) is 18.2 Å². The Morgan fingerprint density at radius 1 is 1.26 bits per heavy atom. The van der Waals surface area contributed by atoms with Crippen molar-refractivity contribution in [3.63, 3.8) is 0 Å². The minimum absolute atomic E-state index is 0.0221. The van der Waals surface area contributed by atoms with E-state index in [2.05, 4.69) is 5.32 Å². The highest BCUT2D eigenvalue weighted by Gasteiger charge is 2.32. The van der Waals surface area contributed by atoms with Gasteiger partial charge in [0.1, 0.15) is 0 Å². The van der Waals surface area contributed by atoms with Crippen LogP contribution in [0.25, 0.3) is 0 Å². The fourth-order valence-electron chi connectivity index (χ4n) is 3.28. The van der Waals surface area contributed by atoms with E-state index in [-0.39, 0.29) is 23.8 Å². The fourth-order valence-corrected chi connectivity index (χ4v) is 3.28. The number of carbonyl (C=O) groups excluding carboxylic acids is 2. The van der Waals surface area contributed by atoms with E-state index in [9.17, 15) is 18.4 Å².